The van der Waals surface area contributed by atoms with Crippen LogP contribution in [0.5, 0.6) is 0 Å². The van der Waals surface area contributed by atoms with Crippen LogP contribution >= 0.6 is 0 Å². The van der Waals surface area contributed by atoms with Crippen molar-refractivity contribution in [3.05, 3.63) is 65.2 Å². The molecule has 1 fully saturated rings. The van der Waals surface area contributed by atoms with Gasteiger partial charge in [-0.05, 0) is 44.0 Å². The number of nitrogens with two attached hydrogens (primary N) is 1. The summed E-state index contributed by atoms with van der Waals surface area (Å²) in [5.74, 6) is -0.311. The van der Waals surface area contributed by atoms with Crippen LogP contribution < -0.4 is 11.1 Å². The first kappa shape index (κ1) is 17.2. The molecule has 0 spiro atoms. The zero-order valence-electron chi connectivity index (χ0n) is 14.4. The monoisotopic (exact) mass is 337 g/mol. The van der Waals surface area contributed by atoms with E-state index in [-0.39, 0.29) is 17.9 Å². The molecule has 25 heavy (non-hydrogen) atoms. The molecule has 1 aliphatic heterocycles. The minimum atomic E-state index is -0.223. The second-order valence-electron chi connectivity index (χ2n) is 6.52. The van der Waals surface area contributed by atoms with Crippen LogP contribution in [0.25, 0.3) is 0 Å². The maximum atomic E-state index is 12.9. The van der Waals surface area contributed by atoms with Gasteiger partial charge in [-0.15, -0.1) is 0 Å². The largest absolute Gasteiger partial charge is 0.337 e. The Balaban J connectivity index is 1.81. The number of carbonyl (C=O) groups is 2. The van der Waals surface area contributed by atoms with Crippen LogP contribution in [0.3, 0.4) is 0 Å². The zero-order chi connectivity index (χ0) is 17.8. The van der Waals surface area contributed by atoms with Crippen LogP contribution in [-0.2, 0) is 0 Å². The van der Waals surface area contributed by atoms with Gasteiger partial charge >= 0.3 is 0 Å². The van der Waals surface area contributed by atoms with E-state index in [0.29, 0.717) is 29.9 Å². The first-order valence-electron chi connectivity index (χ1n) is 8.56. The summed E-state index contributed by atoms with van der Waals surface area (Å²) in [6.07, 6.45) is 1.85. The topological polar surface area (TPSA) is 75.4 Å². The van der Waals surface area contributed by atoms with E-state index in [1.165, 1.54) is 0 Å². The van der Waals surface area contributed by atoms with E-state index in [0.717, 1.165) is 18.4 Å². The molecule has 0 saturated carbocycles. The highest BCUT2D eigenvalue weighted by atomic mass is 16.2. The minimum Gasteiger partial charge on any atom is -0.337 e. The normalized spacial score (nSPS) is 17.2. The number of piperidine rings is 1. The second-order valence-corrected chi connectivity index (χ2v) is 6.52. The lowest BCUT2D eigenvalue weighted by molar-refractivity contribution is 0.0710. The number of likely N-dealkylation sites (tertiary alicyclic amines) is 1. The predicted molar refractivity (Wildman–Crippen MR) is 98.7 cm³/mol. The third kappa shape index (κ3) is 4.06. The average molecular weight is 337 g/mol. The molecule has 130 valence electrons. The Kier molecular flexibility index (Phi) is 5.14. The van der Waals surface area contributed by atoms with Gasteiger partial charge in [-0.3, -0.25) is 9.59 Å². The van der Waals surface area contributed by atoms with Crippen molar-refractivity contribution in [1.29, 1.82) is 0 Å². The minimum absolute atomic E-state index is 0.0201. The van der Waals surface area contributed by atoms with E-state index >= 15 is 0 Å². The SMILES string of the molecule is Cc1cccc(C(=O)Nc2ccccc2C(=O)N2CCCC(N)C2)c1. The number of rotatable bonds is 3. The molecule has 1 heterocycles. The Labute approximate surface area is 147 Å². The van der Waals surface area contributed by atoms with Gasteiger partial charge in [-0.2, -0.15) is 0 Å². The smallest absolute Gasteiger partial charge is 0.256 e. The highest BCUT2D eigenvalue weighted by Crippen LogP contribution is 2.20. The van der Waals surface area contributed by atoms with Gasteiger partial charge in [-0.1, -0.05) is 29.8 Å². The summed E-state index contributed by atoms with van der Waals surface area (Å²) < 4.78 is 0. The summed E-state index contributed by atoms with van der Waals surface area (Å²) in [5, 5.41) is 2.87. The molecule has 1 unspecified atom stereocenters. The first-order chi connectivity index (χ1) is 12.0. The number of benzene rings is 2. The van der Waals surface area contributed by atoms with Gasteiger partial charge in [0.2, 0.25) is 0 Å². The molecular formula is C20H23N3O2. The maximum absolute atomic E-state index is 12.9. The van der Waals surface area contributed by atoms with Crippen molar-refractivity contribution in [3.8, 4) is 0 Å². The van der Waals surface area contributed by atoms with Crippen LogP contribution in [0.2, 0.25) is 0 Å². The molecule has 0 aliphatic carbocycles. The molecule has 3 N–H and O–H groups in total. The van der Waals surface area contributed by atoms with Crippen LogP contribution in [0.4, 0.5) is 5.69 Å². The van der Waals surface area contributed by atoms with Crippen molar-refractivity contribution < 1.29 is 9.59 Å². The molecule has 2 aromatic carbocycles. The molecule has 3 rings (SSSR count). The number of hydrogen-bond donors (Lipinski definition) is 2. The number of anilines is 1. The molecule has 5 nitrogen and oxygen atoms in total. The fraction of sp³-hybridized carbons (Fsp3) is 0.300. The quantitative estimate of drug-likeness (QED) is 0.904. The fourth-order valence-corrected chi connectivity index (χ4v) is 3.12. The molecule has 0 aromatic heterocycles. The number of aryl methyl sites for hydroxylation is 1. The standard InChI is InChI=1S/C20H23N3O2/c1-14-6-4-7-15(12-14)19(24)22-18-10-3-2-9-17(18)20(25)23-11-5-8-16(21)13-23/h2-4,6-7,9-10,12,16H,5,8,11,13,21H2,1H3,(H,22,24). The van der Waals surface area contributed by atoms with E-state index in [4.69, 9.17) is 5.73 Å². The van der Waals surface area contributed by atoms with E-state index in [1.54, 1.807) is 29.2 Å². The summed E-state index contributed by atoms with van der Waals surface area (Å²) >= 11 is 0. The molecule has 2 aromatic rings. The van der Waals surface area contributed by atoms with Crippen LogP contribution in [0, 0.1) is 6.92 Å². The Morgan fingerprint density at radius 2 is 1.96 bits per heavy atom. The number of para-hydroxylation sites is 1. The number of carbonyl (C=O) groups excluding carboxylic acids is 2. The Morgan fingerprint density at radius 3 is 2.72 bits per heavy atom. The van der Waals surface area contributed by atoms with Crippen LogP contribution in [-0.4, -0.2) is 35.8 Å². The lowest BCUT2D eigenvalue weighted by Gasteiger charge is -2.31. The molecule has 2 amide bonds. The van der Waals surface area contributed by atoms with Crippen molar-refractivity contribution in [1.82, 2.24) is 4.90 Å². The number of nitrogens with zero attached hydrogens (tertiary/aromatic N) is 1. The fourth-order valence-electron chi connectivity index (χ4n) is 3.12. The van der Waals surface area contributed by atoms with Gasteiger partial charge in [0, 0.05) is 24.7 Å². The van der Waals surface area contributed by atoms with Crippen molar-refractivity contribution in [2.45, 2.75) is 25.8 Å². The average Bonchev–Trinajstić information content (AvgIpc) is 2.61. The predicted octanol–water partition coefficient (Wildman–Crippen LogP) is 2.81. The zero-order valence-corrected chi connectivity index (χ0v) is 14.4. The van der Waals surface area contributed by atoms with Gasteiger partial charge in [-0.25, -0.2) is 0 Å². The van der Waals surface area contributed by atoms with E-state index < -0.39 is 0 Å². The first-order valence-corrected chi connectivity index (χ1v) is 8.56. The maximum Gasteiger partial charge on any atom is 0.256 e. The molecule has 1 saturated heterocycles. The Morgan fingerprint density at radius 1 is 1.16 bits per heavy atom. The van der Waals surface area contributed by atoms with Crippen molar-refractivity contribution in [2.24, 2.45) is 5.73 Å². The third-order valence-corrected chi connectivity index (χ3v) is 4.43. The van der Waals surface area contributed by atoms with Crippen molar-refractivity contribution >= 4 is 17.5 Å². The molecule has 5 heteroatoms. The van der Waals surface area contributed by atoms with E-state index in [1.807, 2.05) is 31.2 Å². The molecular weight excluding hydrogens is 314 g/mol. The summed E-state index contributed by atoms with van der Waals surface area (Å²) in [6.45, 7) is 3.19. The van der Waals surface area contributed by atoms with Crippen LogP contribution in [0.15, 0.2) is 48.5 Å². The lowest BCUT2D eigenvalue weighted by atomic mass is 10.0. The molecule has 0 radical (unpaired) electrons. The lowest BCUT2D eigenvalue weighted by Crippen LogP contribution is -2.45. The van der Waals surface area contributed by atoms with Crippen molar-refractivity contribution in [3.63, 3.8) is 0 Å². The van der Waals surface area contributed by atoms with Gasteiger partial charge in [0.25, 0.3) is 11.8 Å². The summed E-state index contributed by atoms with van der Waals surface area (Å²) in [5.41, 5.74) is 8.59. The molecule has 0 bridgehead atoms. The van der Waals surface area contributed by atoms with Gasteiger partial charge in [0.05, 0.1) is 11.3 Å². The number of nitrogens with one attached hydrogen (secondary N) is 1. The summed E-state index contributed by atoms with van der Waals surface area (Å²) in [4.78, 5) is 27.1. The Hall–Kier alpha value is -2.66. The summed E-state index contributed by atoms with van der Waals surface area (Å²) in [6, 6.07) is 14.5. The van der Waals surface area contributed by atoms with Gasteiger partial charge in [0.1, 0.15) is 0 Å². The third-order valence-electron chi connectivity index (χ3n) is 4.43. The molecule has 1 aliphatic rings. The molecule has 1 atom stereocenters. The second kappa shape index (κ2) is 7.49. The van der Waals surface area contributed by atoms with E-state index in [9.17, 15) is 9.59 Å². The van der Waals surface area contributed by atoms with Gasteiger partial charge in [0.15, 0.2) is 0 Å². The highest BCUT2D eigenvalue weighted by molar-refractivity contribution is 6.09. The Bertz CT molecular complexity index is 788. The van der Waals surface area contributed by atoms with Crippen LogP contribution in [0.1, 0.15) is 39.1 Å². The van der Waals surface area contributed by atoms with Gasteiger partial charge < -0.3 is 16.0 Å². The number of amides is 2. The number of hydrogen-bond acceptors (Lipinski definition) is 3. The van der Waals surface area contributed by atoms with E-state index in [2.05, 4.69) is 5.32 Å². The van der Waals surface area contributed by atoms with Crippen molar-refractivity contribution in [2.75, 3.05) is 18.4 Å². The summed E-state index contributed by atoms with van der Waals surface area (Å²) in [7, 11) is 0. The highest BCUT2D eigenvalue weighted by Gasteiger charge is 2.24.